The van der Waals surface area contributed by atoms with Gasteiger partial charge in [0.2, 0.25) is 0 Å². The normalized spacial score (nSPS) is 14.9. The Labute approximate surface area is 198 Å². The Balaban J connectivity index is 1.65. The van der Waals surface area contributed by atoms with Gasteiger partial charge in [-0.05, 0) is 36.8 Å². The largest absolute Gasteiger partial charge is 0.379 e. The van der Waals surface area contributed by atoms with Crippen molar-refractivity contribution in [1.82, 2.24) is 20.2 Å². The molecule has 2 aromatic heterocycles. The maximum Gasteiger partial charge on any atom is 0.251 e. The van der Waals surface area contributed by atoms with Gasteiger partial charge in [-0.3, -0.25) is 14.7 Å². The molecular formula is C25H24ClN5O2. The molecular weight excluding hydrogens is 438 g/mol. The van der Waals surface area contributed by atoms with Gasteiger partial charge in [0.15, 0.2) is 0 Å². The quantitative estimate of drug-likeness (QED) is 0.558. The first kappa shape index (κ1) is 22.9. The lowest BCUT2D eigenvalue weighted by Crippen LogP contribution is -2.36. The molecule has 1 aromatic carbocycles. The van der Waals surface area contributed by atoms with Crippen molar-refractivity contribution in [3.05, 3.63) is 82.3 Å². The van der Waals surface area contributed by atoms with Gasteiger partial charge in [-0.25, -0.2) is 4.98 Å². The van der Waals surface area contributed by atoms with Crippen LogP contribution in [0.2, 0.25) is 5.15 Å². The van der Waals surface area contributed by atoms with E-state index in [-0.39, 0.29) is 11.9 Å². The number of rotatable bonds is 6. The van der Waals surface area contributed by atoms with Crippen LogP contribution < -0.4 is 5.32 Å². The molecule has 4 rings (SSSR count). The van der Waals surface area contributed by atoms with E-state index in [1.807, 2.05) is 37.3 Å². The minimum Gasteiger partial charge on any atom is -0.379 e. The molecule has 1 aliphatic heterocycles. The number of nitrogens with one attached hydrogen (secondary N) is 1. The lowest BCUT2D eigenvalue weighted by Gasteiger charge is -2.26. The zero-order valence-electron chi connectivity index (χ0n) is 18.3. The van der Waals surface area contributed by atoms with E-state index in [0.29, 0.717) is 47.3 Å². The summed E-state index contributed by atoms with van der Waals surface area (Å²) in [5.74, 6) is -0.223. The van der Waals surface area contributed by atoms with Gasteiger partial charge in [0.1, 0.15) is 5.15 Å². The highest BCUT2D eigenvalue weighted by Gasteiger charge is 2.18. The van der Waals surface area contributed by atoms with Crippen molar-refractivity contribution in [1.29, 1.82) is 5.26 Å². The summed E-state index contributed by atoms with van der Waals surface area (Å²) in [5.41, 5.74) is 3.93. The molecule has 0 bridgehead atoms. The van der Waals surface area contributed by atoms with Gasteiger partial charge < -0.3 is 10.1 Å². The van der Waals surface area contributed by atoms with Gasteiger partial charge in [0.25, 0.3) is 5.91 Å². The first-order valence-corrected chi connectivity index (χ1v) is 11.1. The number of nitriles is 1. The van der Waals surface area contributed by atoms with Crippen LogP contribution in [0.3, 0.4) is 0 Å². The van der Waals surface area contributed by atoms with Crippen molar-refractivity contribution in [2.45, 2.75) is 19.5 Å². The summed E-state index contributed by atoms with van der Waals surface area (Å²) in [4.78, 5) is 24.3. The van der Waals surface area contributed by atoms with Crippen LogP contribution in [0.5, 0.6) is 0 Å². The molecule has 0 spiro atoms. The molecule has 1 fully saturated rings. The molecule has 1 aliphatic rings. The van der Waals surface area contributed by atoms with Gasteiger partial charge in [-0.15, -0.1) is 0 Å². The number of amides is 1. The van der Waals surface area contributed by atoms with Crippen molar-refractivity contribution >= 4 is 17.5 Å². The number of morpholine rings is 1. The van der Waals surface area contributed by atoms with Crippen molar-refractivity contribution in [3.8, 4) is 17.3 Å². The molecule has 8 heteroatoms. The molecule has 1 N–H and O–H groups in total. The number of hydrogen-bond donors (Lipinski definition) is 1. The maximum absolute atomic E-state index is 13.2. The highest BCUT2D eigenvalue weighted by molar-refractivity contribution is 6.29. The fraction of sp³-hybridized carbons (Fsp3) is 0.280. The summed E-state index contributed by atoms with van der Waals surface area (Å²) in [6.07, 6.45) is 1.65. The Hall–Kier alpha value is -3.31. The van der Waals surface area contributed by atoms with E-state index in [1.165, 1.54) is 0 Å². The standard InChI is InChI=1S/C25H24ClN5O2/c1-17(19-6-7-24(26)28-15-19)29-25(32)20-12-21(16-31-8-10-33-11-9-31)30-23(13-20)22-5-3-2-4-18(22)14-27/h2-7,12-13,15,17H,8-11,16H2,1H3,(H,29,32). The molecule has 33 heavy (non-hydrogen) atoms. The Morgan fingerprint density at radius 2 is 2.03 bits per heavy atom. The monoisotopic (exact) mass is 461 g/mol. The number of carbonyl (C=O) groups excluding carboxylic acids is 1. The Bertz CT molecular complexity index is 1170. The first-order valence-electron chi connectivity index (χ1n) is 10.8. The third-order valence-corrected chi connectivity index (χ3v) is 5.77. The Morgan fingerprint density at radius 1 is 1.24 bits per heavy atom. The van der Waals surface area contributed by atoms with Crippen molar-refractivity contribution < 1.29 is 9.53 Å². The van der Waals surface area contributed by atoms with Crippen LogP contribution in [0.15, 0.2) is 54.7 Å². The number of carbonyl (C=O) groups is 1. The zero-order valence-corrected chi connectivity index (χ0v) is 19.0. The zero-order chi connectivity index (χ0) is 23.2. The molecule has 1 amide bonds. The van der Waals surface area contributed by atoms with Crippen LogP contribution >= 0.6 is 11.6 Å². The van der Waals surface area contributed by atoms with E-state index in [0.717, 1.165) is 24.3 Å². The summed E-state index contributed by atoms with van der Waals surface area (Å²) in [5, 5.41) is 13.0. The molecule has 3 aromatic rings. The van der Waals surface area contributed by atoms with E-state index >= 15 is 0 Å². The number of benzene rings is 1. The van der Waals surface area contributed by atoms with Crippen LogP contribution in [0.1, 0.15) is 40.1 Å². The van der Waals surface area contributed by atoms with E-state index < -0.39 is 0 Å². The van der Waals surface area contributed by atoms with Crippen LogP contribution in [0.4, 0.5) is 0 Å². The molecule has 0 aliphatic carbocycles. The molecule has 7 nitrogen and oxygen atoms in total. The lowest BCUT2D eigenvalue weighted by molar-refractivity contribution is 0.0336. The predicted octanol–water partition coefficient (Wildman–Crippen LogP) is 3.99. The second kappa shape index (κ2) is 10.5. The molecule has 168 valence electrons. The van der Waals surface area contributed by atoms with Crippen molar-refractivity contribution in [3.63, 3.8) is 0 Å². The summed E-state index contributed by atoms with van der Waals surface area (Å²) < 4.78 is 5.44. The van der Waals surface area contributed by atoms with Crippen molar-refractivity contribution in [2.24, 2.45) is 0 Å². The average Bonchev–Trinajstić information content (AvgIpc) is 2.84. The summed E-state index contributed by atoms with van der Waals surface area (Å²) >= 11 is 5.88. The van der Waals surface area contributed by atoms with Crippen LogP contribution in [0, 0.1) is 11.3 Å². The third-order valence-electron chi connectivity index (χ3n) is 5.55. The second-order valence-electron chi connectivity index (χ2n) is 7.89. The number of nitrogens with zero attached hydrogens (tertiary/aromatic N) is 4. The number of pyridine rings is 2. The van der Waals surface area contributed by atoms with Crippen LogP contribution in [-0.4, -0.2) is 47.1 Å². The van der Waals surface area contributed by atoms with Gasteiger partial charge in [0.05, 0.1) is 42.3 Å². The summed E-state index contributed by atoms with van der Waals surface area (Å²) in [6, 6.07) is 16.3. The van der Waals surface area contributed by atoms with Gasteiger partial charge in [-0.2, -0.15) is 5.26 Å². The second-order valence-corrected chi connectivity index (χ2v) is 8.27. The molecule has 0 saturated carbocycles. The van der Waals surface area contributed by atoms with Crippen LogP contribution in [-0.2, 0) is 11.3 Å². The number of hydrogen-bond acceptors (Lipinski definition) is 6. The van der Waals surface area contributed by atoms with Gasteiger partial charge >= 0.3 is 0 Å². The highest BCUT2D eigenvalue weighted by Crippen LogP contribution is 2.24. The molecule has 1 saturated heterocycles. The van der Waals surface area contributed by atoms with E-state index in [1.54, 1.807) is 24.4 Å². The first-order chi connectivity index (χ1) is 16.0. The SMILES string of the molecule is CC(NC(=O)c1cc(CN2CCOCC2)nc(-c2ccccc2C#N)c1)c1ccc(Cl)nc1. The van der Waals surface area contributed by atoms with Gasteiger partial charge in [0, 0.05) is 37.0 Å². The number of halogens is 1. The van der Waals surface area contributed by atoms with E-state index in [9.17, 15) is 10.1 Å². The summed E-state index contributed by atoms with van der Waals surface area (Å²) in [6.45, 7) is 5.47. The fourth-order valence-corrected chi connectivity index (χ4v) is 3.85. The topological polar surface area (TPSA) is 91.1 Å². The molecule has 0 radical (unpaired) electrons. The highest BCUT2D eigenvalue weighted by atomic mass is 35.5. The molecule has 1 unspecified atom stereocenters. The maximum atomic E-state index is 13.2. The average molecular weight is 462 g/mol. The number of aromatic nitrogens is 2. The smallest absolute Gasteiger partial charge is 0.251 e. The Morgan fingerprint density at radius 3 is 2.76 bits per heavy atom. The lowest BCUT2D eigenvalue weighted by atomic mass is 10.0. The van der Waals surface area contributed by atoms with Crippen molar-refractivity contribution in [2.75, 3.05) is 26.3 Å². The molecule has 1 atom stereocenters. The van der Waals surface area contributed by atoms with Gasteiger partial charge in [-0.1, -0.05) is 35.9 Å². The third kappa shape index (κ3) is 5.74. The van der Waals surface area contributed by atoms with Crippen LogP contribution in [0.25, 0.3) is 11.3 Å². The predicted molar refractivity (Wildman–Crippen MR) is 126 cm³/mol. The number of ether oxygens (including phenoxy) is 1. The van der Waals surface area contributed by atoms with E-state index in [2.05, 4.69) is 21.3 Å². The molecule has 3 heterocycles. The minimum absolute atomic E-state index is 0.223. The fourth-order valence-electron chi connectivity index (χ4n) is 3.74. The van der Waals surface area contributed by atoms with E-state index in [4.69, 9.17) is 21.3 Å². The Kier molecular flexibility index (Phi) is 7.30. The minimum atomic E-state index is -0.257. The summed E-state index contributed by atoms with van der Waals surface area (Å²) in [7, 11) is 0.